The molecule has 0 spiro atoms. The zero-order valence-corrected chi connectivity index (χ0v) is 11.4. The van der Waals surface area contributed by atoms with E-state index in [2.05, 4.69) is 5.32 Å². The second kappa shape index (κ2) is 6.21. The molecule has 7 heteroatoms. The Labute approximate surface area is 124 Å². The Bertz CT molecular complexity index is 610. The normalized spacial score (nSPS) is 21.4. The van der Waals surface area contributed by atoms with Crippen LogP contribution in [0, 0.1) is 11.8 Å². The number of hydrogen-bond donors (Lipinski definition) is 2. The van der Waals surface area contributed by atoms with Crippen molar-refractivity contribution >= 4 is 17.6 Å². The number of rotatable bonds is 3. The highest BCUT2D eigenvalue weighted by molar-refractivity contribution is 5.96. The predicted octanol–water partition coefficient (Wildman–Crippen LogP) is 3.31. The molecule has 1 aromatic carbocycles. The molecule has 0 heterocycles. The minimum absolute atomic E-state index is 0.189. The quantitative estimate of drug-likeness (QED) is 0.841. The molecule has 0 saturated carbocycles. The molecule has 0 unspecified atom stereocenters. The second-order valence-electron chi connectivity index (χ2n) is 5.03. The number of carbonyl (C=O) groups is 2. The molecule has 0 aromatic heterocycles. The third-order valence-electron chi connectivity index (χ3n) is 3.58. The van der Waals surface area contributed by atoms with Gasteiger partial charge in [0.1, 0.15) is 0 Å². The average molecular weight is 313 g/mol. The summed E-state index contributed by atoms with van der Waals surface area (Å²) in [7, 11) is 0. The van der Waals surface area contributed by atoms with Crippen LogP contribution in [0.25, 0.3) is 0 Å². The summed E-state index contributed by atoms with van der Waals surface area (Å²) in [5.74, 6) is -3.66. The first-order chi connectivity index (χ1) is 10.3. The van der Waals surface area contributed by atoms with Crippen LogP contribution in [-0.4, -0.2) is 17.0 Å². The Morgan fingerprint density at radius 1 is 1.09 bits per heavy atom. The van der Waals surface area contributed by atoms with Crippen molar-refractivity contribution in [3.63, 3.8) is 0 Å². The molecule has 4 nitrogen and oxygen atoms in total. The van der Waals surface area contributed by atoms with Crippen LogP contribution < -0.4 is 5.32 Å². The number of anilines is 1. The highest BCUT2D eigenvalue weighted by atomic mass is 19.4. The van der Waals surface area contributed by atoms with E-state index in [1.54, 1.807) is 12.2 Å². The van der Waals surface area contributed by atoms with Crippen molar-refractivity contribution in [3.05, 3.63) is 42.0 Å². The molecule has 118 valence electrons. The Morgan fingerprint density at radius 2 is 1.68 bits per heavy atom. The van der Waals surface area contributed by atoms with Crippen LogP contribution in [0.3, 0.4) is 0 Å². The molecule has 1 aromatic rings. The van der Waals surface area contributed by atoms with Gasteiger partial charge >= 0.3 is 12.1 Å². The van der Waals surface area contributed by atoms with Crippen molar-refractivity contribution < 1.29 is 27.9 Å². The van der Waals surface area contributed by atoms with Crippen LogP contribution in [0.4, 0.5) is 18.9 Å². The van der Waals surface area contributed by atoms with Gasteiger partial charge in [-0.05, 0) is 25.0 Å². The van der Waals surface area contributed by atoms with Crippen LogP contribution in [-0.2, 0) is 15.8 Å². The molecule has 1 amide bonds. The van der Waals surface area contributed by atoms with E-state index in [1.165, 1.54) is 12.1 Å². The lowest BCUT2D eigenvalue weighted by atomic mass is 9.82. The predicted molar refractivity (Wildman–Crippen MR) is 73.1 cm³/mol. The molecular weight excluding hydrogens is 299 g/mol. The number of amides is 1. The van der Waals surface area contributed by atoms with Crippen LogP contribution in [0.1, 0.15) is 18.4 Å². The van der Waals surface area contributed by atoms with E-state index in [4.69, 9.17) is 5.11 Å². The lowest BCUT2D eigenvalue weighted by Gasteiger charge is -2.25. The van der Waals surface area contributed by atoms with Gasteiger partial charge in [0.05, 0.1) is 23.1 Å². The summed E-state index contributed by atoms with van der Waals surface area (Å²) in [6.45, 7) is 0. The van der Waals surface area contributed by atoms with Gasteiger partial charge in [-0.15, -0.1) is 0 Å². The first-order valence-corrected chi connectivity index (χ1v) is 6.65. The maximum Gasteiger partial charge on any atom is 0.418 e. The molecule has 0 aliphatic heterocycles. The number of halogens is 3. The Balaban J connectivity index is 2.22. The Hall–Kier alpha value is -2.31. The fourth-order valence-electron chi connectivity index (χ4n) is 2.44. The van der Waals surface area contributed by atoms with Gasteiger partial charge in [0, 0.05) is 0 Å². The van der Waals surface area contributed by atoms with Gasteiger partial charge in [-0.1, -0.05) is 24.3 Å². The highest BCUT2D eigenvalue weighted by Crippen LogP contribution is 2.35. The maximum absolute atomic E-state index is 12.9. The smallest absolute Gasteiger partial charge is 0.418 e. The molecule has 1 aliphatic rings. The van der Waals surface area contributed by atoms with Crippen molar-refractivity contribution in [2.75, 3.05) is 5.32 Å². The number of carboxylic acid groups (broad SMARTS) is 1. The van der Waals surface area contributed by atoms with Crippen molar-refractivity contribution in [3.8, 4) is 0 Å². The minimum atomic E-state index is -4.59. The molecule has 2 rings (SSSR count). The Kier molecular flexibility index (Phi) is 4.54. The second-order valence-corrected chi connectivity index (χ2v) is 5.03. The average Bonchev–Trinajstić information content (AvgIpc) is 2.46. The highest BCUT2D eigenvalue weighted by Gasteiger charge is 2.37. The van der Waals surface area contributed by atoms with Crippen LogP contribution >= 0.6 is 0 Å². The largest absolute Gasteiger partial charge is 0.481 e. The number of alkyl halides is 3. The van der Waals surface area contributed by atoms with E-state index in [0.717, 1.165) is 12.1 Å². The van der Waals surface area contributed by atoms with Gasteiger partial charge in [0.2, 0.25) is 5.91 Å². The van der Waals surface area contributed by atoms with Gasteiger partial charge in [-0.2, -0.15) is 13.2 Å². The fourth-order valence-corrected chi connectivity index (χ4v) is 2.44. The number of aliphatic carboxylic acids is 1. The topological polar surface area (TPSA) is 66.4 Å². The molecule has 22 heavy (non-hydrogen) atoms. The molecule has 2 atom stereocenters. The summed E-state index contributed by atoms with van der Waals surface area (Å²) < 4.78 is 38.7. The van der Waals surface area contributed by atoms with Gasteiger partial charge in [-0.3, -0.25) is 9.59 Å². The molecule has 2 N–H and O–H groups in total. The van der Waals surface area contributed by atoms with Gasteiger partial charge in [-0.25, -0.2) is 0 Å². The van der Waals surface area contributed by atoms with E-state index in [-0.39, 0.29) is 18.5 Å². The first-order valence-electron chi connectivity index (χ1n) is 6.65. The summed E-state index contributed by atoms with van der Waals surface area (Å²) >= 11 is 0. The molecular formula is C15H14F3NO3. The van der Waals surface area contributed by atoms with E-state index >= 15 is 0 Å². The SMILES string of the molecule is O=C(O)[C@H]1CC=CC[C@@H]1C(=O)Nc1ccccc1C(F)(F)F. The third-order valence-corrected chi connectivity index (χ3v) is 3.58. The standard InChI is InChI=1S/C15H14F3NO3/c16-15(17,18)11-7-3-4-8-12(11)19-13(20)9-5-1-2-6-10(9)14(21)22/h1-4,7-10H,5-6H2,(H,19,20)(H,21,22)/t9-,10-/m0/s1. The van der Waals surface area contributed by atoms with E-state index in [1.807, 2.05) is 0 Å². The summed E-state index contributed by atoms with van der Waals surface area (Å²) in [6, 6.07) is 4.61. The molecule has 0 saturated heterocycles. The molecule has 0 radical (unpaired) electrons. The fraction of sp³-hybridized carbons (Fsp3) is 0.333. The number of benzene rings is 1. The van der Waals surface area contributed by atoms with Gasteiger partial charge in [0.25, 0.3) is 0 Å². The number of nitrogens with one attached hydrogen (secondary N) is 1. The van der Waals surface area contributed by atoms with Gasteiger partial charge in [0.15, 0.2) is 0 Å². The van der Waals surface area contributed by atoms with E-state index in [9.17, 15) is 22.8 Å². The van der Waals surface area contributed by atoms with Crippen LogP contribution in [0.5, 0.6) is 0 Å². The summed E-state index contributed by atoms with van der Waals surface area (Å²) in [5.41, 5.74) is -1.32. The molecule has 0 fully saturated rings. The Morgan fingerprint density at radius 3 is 2.27 bits per heavy atom. The lowest BCUT2D eigenvalue weighted by molar-refractivity contribution is -0.146. The van der Waals surface area contributed by atoms with Crippen molar-refractivity contribution in [2.24, 2.45) is 11.8 Å². The number of allylic oxidation sites excluding steroid dienone is 2. The monoisotopic (exact) mass is 313 g/mol. The van der Waals surface area contributed by atoms with Crippen LogP contribution in [0.15, 0.2) is 36.4 Å². The number of carboxylic acids is 1. The lowest BCUT2D eigenvalue weighted by Crippen LogP contribution is -2.35. The molecule has 0 bridgehead atoms. The summed E-state index contributed by atoms with van der Waals surface area (Å²) in [5, 5.41) is 11.3. The zero-order chi connectivity index (χ0) is 16.3. The minimum Gasteiger partial charge on any atom is -0.481 e. The summed E-state index contributed by atoms with van der Waals surface area (Å²) in [6.07, 6.45) is -0.889. The van der Waals surface area contributed by atoms with E-state index in [0.29, 0.717) is 0 Å². The van der Waals surface area contributed by atoms with Crippen LogP contribution in [0.2, 0.25) is 0 Å². The van der Waals surface area contributed by atoms with Crippen molar-refractivity contribution in [1.29, 1.82) is 0 Å². The van der Waals surface area contributed by atoms with Crippen molar-refractivity contribution in [1.82, 2.24) is 0 Å². The third kappa shape index (κ3) is 3.47. The first kappa shape index (κ1) is 16.1. The van der Waals surface area contributed by atoms with Crippen molar-refractivity contribution in [2.45, 2.75) is 19.0 Å². The maximum atomic E-state index is 12.9. The number of hydrogen-bond acceptors (Lipinski definition) is 2. The van der Waals surface area contributed by atoms with E-state index < -0.39 is 35.5 Å². The zero-order valence-electron chi connectivity index (χ0n) is 11.4. The molecule has 1 aliphatic carbocycles. The van der Waals surface area contributed by atoms with Gasteiger partial charge < -0.3 is 10.4 Å². The number of para-hydroxylation sites is 1. The summed E-state index contributed by atoms with van der Waals surface area (Å²) in [4.78, 5) is 23.3. The number of carbonyl (C=O) groups excluding carboxylic acids is 1.